The van der Waals surface area contributed by atoms with Crippen LogP contribution in [0, 0.1) is 0 Å². The highest BCUT2D eigenvalue weighted by Crippen LogP contribution is 2.45. The van der Waals surface area contributed by atoms with Crippen molar-refractivity contribution >= 4 is 18.2 Å². The molecule has 1 aliphatic rings. The number of aliphatic carboxylic acids is 1. The Balaban J connectivity index is 2.16. The number of fused-ring (bicyclic) bond motifs is 1. The summed E-state index contributed by atoms with van der Waals surface area (Å²) in [6.07, 6.45) is -1.96. The number of nitrogens with one attached hydrogen (secondary N) is 1. The number of benzene rings is 2. The largest absolute Gasteiger partial charge is 0.497 e. The number of hydrogen-bond acceptors (Lipinski definition) is 5. The highest BCUT2D eigenvalue weighted by atomic mass is 16.5. The van der Waals surface area contributed by atoms with E-state index in [1.54, 1.807) is 43.5 Å². The first-order valence-corrected chi connectivity index (χ1v) is 7.88. The van der Waals surface area contributed by atoms with Crippen LogP contribution in [0.1, 0.15) is 28.4 Å². The molecule has 0 saturated heterocycles. The molecule has 26 heavy (non-hydrogen) atoms. The second-order valence-corrected chi connectivity index (χ2v) is 6.03. The van der Waals surface area contributed by atoms with E-state index in [9.17, 15) is 24.6 Å². The molecular formula is C19H17NO6. The van der Waals surface area contributed by atoms with Crippen LogP contribution in [-0.2, 0) is 9.59 Å². The predicted molar refractivity (Wildman–Crippen MR) is 91.9 cm³/mol. The molecule has 0 heterocycles. The molecule has 0 radical (unpaired) electrons. The van der Waals surface area contributed by atoms with Gasteiger partial charge < -0.3 is 20.3 Å². The third-order valence-corrected chi connectivity index (χ3v) is 4.64. The lowest BCUT2D eigenvalue weighted by Gasteiger charge is -2.29. The minimum Gasteiger partial charge on any atom is -0.497 e. The first kappa shape index (κ1) is 17.6. The van der Waals surface area contributed by atoms with Crippen molar-refractivity contribution in [3.63, 3.8) is 0 Å². The summed E-state index contributed by atoms with van der Waals surface area (Å²) >= 11 is 0. The summed E-state index contributed by atoms with van der Waals surface area (Å²) in [5.41, 5.74) is -0.101. The minimum absolute atomic E-state index is 0.196. The van der Waals surface area contributed by atoms with Crippen molar-refractivity contribution < 1.29 is 29.3 Å². The molecule has 1 aliphatic carbocycles. The number of methoxy groups -OCH3 is 1. The van der Waals surface area contributed by atoms with Crippen molar-refractivity contribution in [3.05, 3.63) is 53.6 Å². The van der Waals surface area contributed by atoms with Gasteiger partial charge in [-0.15, -0.1) is 0 Å². The van der Waals surface area contributed by atoms with Crippen LogP contribution in [-0.4, -0.2) is 41.0 Å². The maximum Gasteiger partial charge on any atom is 0.306 e. The Morgan fingerprint density at radius 3 is 2.46 bits per heavy atom. The molecule has 134 valence electrons. The number of aliphatic hydroxyl groups excluding tert-OH is 1. The number of carboxylic acids is 1. The van der Waals surface area contributed by atoms with E-state index in [1.807, 2.05) is 0 Å². The number of Topliss-reactive ketones (excluding diaryl/α,β-unsaturated/α-hetero) is 1. The van der Waals surface area contributed by atoms with Crippen LogP contribution in [0.15, 0.2) is 42.5 Å². The van der Waals surface area contributed by atoms with Crippen LogP contribution in [0.2, 0.25) is 0 Å². The van der Waals surface area contributed by atoms with Gasteiger partial charge in [0.1, 0.15) is 17.4 Å². The summed E-state index contributed by atoms with van der Waals surface area (Å²) in [6, 6.07) is 11.9. The highest BCUT2D eigenvalue weighted by molar-refractivity contribution is 6.12. The van der Waals surface area contributed by atoms with E-state index in [0.29, 0.717) is 16.9 Å². The van der Waals surface area contributed by atoms with E-state index in [4.69, 9.17) is 4.74 Å². The number of ether oxygens (including phenoxy) is 1. The summed E-state index contributed by atoms with van der Waals surface area (Å²) in [4.78, 5) is 35.2. The first-order chi connectivity index (χ1) is 12.4. The summed E-state index contributed by atoms with van der Waals surface area (Å²) in [5.74, 6) is -1.27. The third-order valence-electron chi connectivity index (χ3n) is 4.64. The molecule has 0 fully saturated rings. The molecule has 2 unspecified atom stereocenters. The van der Waals surface area contributed by atoms with Crippen molar-refractivity contribution in [2.75, 3.05) is 7.11 Å². The van der Waals surface area contributed by atoms with Gasteiger partial charge in [0, 0.05) is 11.1 Å². The summed E-state index contributed by atoms with van der Waals surface area (Å²) in [7, 11) is 1.54. The number of rotatable bonds is 6. The Morgan fingerprint density at radius 2 is 1.88 bits per heavy atom. The Kier molecular flexibility index (Phi) is 4.48. The molecule has 0 spiro atoms. The van der Waals surface area contributed by atoms with Crippen LogP contribution in [0.25, 0.3) is 11.1 Å². The quantitative estimate of drug-likeness (QED) is 0.678. The number of ketones is 1. The normalized spacial score (nSPS) is 21.2. The summed E-state index contributed by atoms with van der Waals surface area (Å²) in [5, 5.41) is 22.3. The second-order valence-electron chi connectivity index (χ2n) is 6.03. The predicted octanol–water partition coefficient (Wildman–Crippen LogP) is 1.55. The lowest BCUT2D eigenvalue weighted by atomic mass is 9.87. The Hall–Kier alpha value is -3.19. The molecule has 0 aromatic heterocycles. The van der Waals surface area contributed by atoms with Crippen LogP contribution < -0.4 is 10.1 Å². The van der Waals surface area contributed by atoms with Gasteiger partial charge in [0.2, 0.25) is 6.41 Å². The minimum atomic E-state index is -1.92. The lowest BCUT2D eigenvalue weighted by Crippen LogP contribution is -2.53. The standard InChI is InChI=1S/C19H17NO6/c1-26-12-7-5-11(6-8-12)13-3-2-4-14-16(13)18(25)19(17(14)24,20-10-21)9-15(22)23/h2-8,10,18,25H,9H2,1H3,(H,20,21)(H,22,23). The maximum atomic E-state index is 12.9. The van der Waals surface area contributed by atoms with Crippen LogP contribution in [0.4, 0.5) is 0 Å². The zero-order chi connectivity index (χ0) is 18.9. The fraction of sp³-hybridized carbons (Fsp3) is 0.211. The molecule has 1 amide bonds. The van der Waals surface area contributed by atoms with Crippen LogP contribution in [0.5, 0.6) is 5.75 Å². The highest BCUT2D eigenvalue weighted by Gasteiger charge is 2.54. The molecule has 2 aromatic rings. The fourth-order valence-electron chi connectivity index (χ4n) is 3.41. The van der Waals surface area contributed by atoms with Crippen molar-refractivity contribution in [1.29, 1.82) is 0 Å². The molecule has 0 aliphatic heterocycles. The van der Waals surface area contributed by atoms with E-state index in [2.05, 4.69) is 5.32 Å². The fourth-order valence-corrected chi connectivity index (χ4v) is 3.41. The Bertz CT molecular complexity index is 876. The maximum absolute atomic E-state index is 12.9. The smallest absolute Gasteiger partial charge is 0.306 e. The molecule has 2 atom stereocenters. The van der Waals surface area contributed by atoms with Crippen molar-refractivity contribution in [1.82, 2.24) is 5.32 Å². The zero-order valence-corrected chi connectivity index (χ0v) is 13.9. The molecule has 0 bridgehead atoms. The van der Waals surface area contributed by atoms with Crippen LogP contribution in [0.3, 0.4) is 0 Å². The number of carbonyl (C=O) groups is 3. The Labute approximate surface area is 149 Å². The Morgan fingerprint density at radius 1 is 1.23 bits per heavy atom. The topological polar surface area (TPSA) is 113 Å². The molecular weight excluding hydrogens is 338 g/mol. The van der Waals surface area contributed by atoms with Gasteiger partial charge in [-0.25, -0.2) is 0 Å². The van der Waals surface area contributed by atoms with Crippen molar-refractivity contribution in [2.45, 2.75) is 18.1 Å². The summed E-state index contributed by atoms with van der Waals surface area (Å²) < 4.78 is 5.13. The second kappa shape index (κ2) is 6.61. The number of aliphatic hydroxyl groups is 1. The number of hydrogen-bond donors (Lipinski definition) is 3. The van der Waals surface area contributed by atoms with E-state index < -0.39 is 29.8 Å². The van der Waals surface area contributed by atoms with Crippen molar-refractivity contribution in [3.8, 4) is 16.9 Å². The monoisotopic (exact) mass is 355 g/mol. The average Bonchev–Trinajstić information content (AvgIpc) is 2.84. The van der Waals surface area contributed by atoms with Gasteiger partial charge in [0.05, 0.1) is 13.5 Å². The van der Waals surface area contributed by atoms with E-state index >= 15 is 0 Å². The average molecular weight is 355 g/mol. The first-order valence-electron chi connectivity index (χ1n) is 7.88. The number of carbonyl (C=O) groups excluding carboxylic acids is 2. The van der Waals surface area contributed by atoms with Gasteiger partial charge in [-0.05, 0) is 23.3 Å². The SMILES string of the molecule is COc1ccc(-c2cccc3c2C(O)C(CC(=O)O)(NC=O)C3=O)cc1. The third kappa shape index (κ3) is 2.62. The molecule has 7 nitrogen and oxygen atoms in total. The van der Waals surface area contributed by atoms with E-state index in [-0.39, 0.29) is 12.0 Å². The van der Waals surface area contributed by atoms with Crippen LogP contribution >= 0.6 is 0 Å². The number of amides is 1. The summed E-state index contributed by atoms with van der Waals surface area (Å²) in [6.45, 7) is 0. The lowest BCUT2D eigenvalue weighted by molar-refractivity contribution is -0.139. The molecule has 3 rings (SSSR count). The van der Waals surface area contributed by atoms with Gasteiger partial charge in [-0.1, -0.05) is 30.3 Å². The van der Waals surface area contributed by atoms with Gasteiger partial charge in [0.15, 0.2) is 5.78 Å². The molecule has 7 heteroatoms. The van der Waals surface area contributed by atoms with Gasteiger partial charge in [0.25, 0.3) is 0 Å². The van der Waals surface area contributed by atoms with Gasteiger partial charge >= 0.3 is 5.97 Å². The molecule has 0 saturated carbocycles. The van der Waals surface area contributed by atoms with Gasteiger partial charge in [-0.3, -0.25) is 14.4 Å². The molecule has 3 N–H and O–H groups in total. The zero-order valence-electron chi connectivity index (χ0n) is 13.9. The van der Waals surface area contributed by atoms with E-state index in [1.165, 1.54) is 6.07 Å². The number of carboxylic acid groups (broad SMARTS) is 1. The van der Waals surface area contributed by atoms with E-state index in [0.717, 1.165) is 5.56 Å². The van der Waals surface area contributed by atoms with Crippen molar-refractivity contribution in [2.24, 2.45) is 0 Å². The van der Waals surface area contributed by atoms with Gasteiger partial charge in [-0.2, -0.15) is 0 Å². The molecule has 2 aromatic carbocycles.